The Bertz CT molecular complexity index is 1310. The van der Waals surface area contributed by atoms with Gasteiger partial charge in [-0.25, -0.2) is 13.2 Å². The summed E-state index contributed by atoms with van der Waals surface area (Å²) in [5.74, 6) is -6.27. The molecule has 4 nitrogen and oxygen atoms in total. The highest BCUT2D eigenvalue weighted by Gasteiger charge is 2.36. The molecule has 40 heavy (non-hydrogen) atoms. The second-order valence-corrected chi connectivity index (χ2v) is 8.93. The fraction of sp³-hybridized carbons (Fsp3) is 0.286. The van der Waals surface area contributed by atoms with Crippen molar-refractivity contribution in [2.75, 3.05) is 13.2 Å². The van der Waals surface area contributed by atoms with E-state index < -0.39 is 64.4 Å². The highest BCUT2D eigenvalue weighted by Crippen LogP contribution is 2.37. The van der Waals surface area contributed by atoms with Gasteiger partial charge in [0, 0.05) is 23.6 Å². The van der Waals surface area contributed by atoms with Crippen LogP contribution in [0.3, 0.4) is 0 Å². The minimum atomic E-state index is -5.18. The third kappa shape index (κ3) is 7.11. The number of alkyl halides is 5. The zero-order chi connectivity index (χ0) is 29.1. The molecule has 3 aromatic rings. The summed E-state index contributed by atoms with van der Waals surface area (Å²) in [6.45, 7) is 4.54. The molecule has 12 heteroatoms. The van der Waals surface area contributed by atoms with Gasteiger partial charge >= 0.3 is 12.5 Å². The standard InChI is InChI=1S/C28H22F8O4/c1-2-3-4-16-14-37-26(38-15-16)17-5-8-19(9-6-17)27(32,33)39-20-12-22(30)25(23(31)13-20)18-7-10-24(21(29)11-18)40-28(34,35)36/h2,5-13,16,26H,1,3-4,14-15H2. The van der Waals surface area contributed by atoms with Gasteiger partial charge in [-0.05, 0) is 42.7 Å². The molecule has 0 spiro atoms. The van der Waals surface area contributed by atoms with Gasteiger partial charge in [0.05, 0.1) is 24.3 Å². The van der Waals surface area contributed by atoms with Crippen molar-refractivity contribution in [3.05, 3.63) is 95.8 Å². The summed E-state index contributed by atoms with van der Waals surface area (Å²) >= 11 is 0. The van der Waals surface area contributed by atoms with E-state index in [1.54, 1.807) is 6.08 Å². The van der Waals surface area contributed by atoms with Crippen molar-refractivity contribution >= 4 is 0 Å². The van der Waals surface area contributed by atoms with Crippen molar-refractivity contribution in [3.63, 3.8) is 0 Å². The lowest BCUT2D eigenvalue weighted by atomic mass is 10.0. The Balaban J connectivity index is 1.46. The molecule has 0 aromatic heterocycles. The second-order valence-electron chi connectivity index (χ2n) is 8.93. The summed E-state index contributed by atoms with van der Waals surface area (Å²) in [6.07, 6.45) is -6.47. The Hall–Kier alpha value is -3.64. The van der Waals surface area contributed by atoms with Crippen molar-refractivity contribution in [1.29, 1.82) is 0 Å². The fourth-order valence-electron chi connectivity index (χ4n) is 4.05. The van der Waals surface area contributed by atoms with Crippen LogP contribution in [0.15, 0.2) is 67.3 Å². The first-order valence-electron chi connectivity index (χ1n) is 11.9. The van der Waals surface area contributed by atoms with Crippen molar-refractivity contribution in [1.82, 2.24) is 0 Å². The summed E-state index contributed by atoms with van der Waals surface area (Å²) in [5, 5.41) is 0. The van der Waals surface area contributed by atoms with E-state index in [1.165, 1.54) is 12.1 Å². The minimum Gasteiger partial charge on any atom is -0.429 e. The maximum atomic E-state index is 14.8. The molecule has 4 rings (SSSR count). The summed E-state index contributed by atoms with van der Waals surface area (Å²) in [4.78, 5) is 0. The molecule has 0 atom stereocenters. The molecular weight excluding hydrogens is 552 g/mol. The molecule has 0 N–H and O–H groups in total. The number of rotatable bonds is 9. The van der Waals surface area contributed by atoms with E-state index in [9.17, 15) is 35.1 Å². The fourth-order valence-corrected chi connectivity index (χ4v) is 4.05. The Morgan fingerprint density at radius 3 is 2.00 bits per heavy atom. The number of ether oxygens (including phenoxy) is 4. The maximum absolute atomic E-state index is 14.8. The first kappa shape index (κ1) is 29.3. The van der Waals surface area contributed by atoms with Crippen LogP contribution in [0.2, 0.25) is 0 Å². The molecule has 214 valence electrons. The number of benzene rings is 3. The number of halogens is 8. The van der Waals surface area contributed by atoms with Gasteiger partial charge in [0.25, 0.3) is 0 Å². The largest absolute Gasteiger partial charge is 0.573 e. The Morgan fingerprint density at radius 2 is 1.45 bits per heavy atom. The van der Waals surface area contributed by atoms with E-state index in [0.717, 1.165) is 31.0 Å². The van der Waals surface area contributed by atoms with E-state index in [-0.39, 0.29) is 5.92 Å². The molecule has 1 fully saturated rings. The third-order valence-corrected chi connectivity index (χ3v) is 5.97. The van der Waals surface area contributed by atoms with Crippen LogP contribution < -0.4 is 9.47 Å². The molecule has 0 radical (unpaired) electrons. The van der Waals surface area contributed by atoms with Crippen LogP contribution >= 0.6 is 0 Å². The van der Waals surface area contributed by atoms with Crippen molar-refractivity contribution < 1.29 is 54.1 Å². The van der Waals surface area contributed by atoms with E-state index in [1.807, 2.05) is 0 Å². The van der Waals surface area contributed by atoms with Gasteiger partial charge < -0.3 is 18.9 Å². The normalized spacial score (nSPS) is 17.9. The lowest BCUT2D eigenvalue weighted by Crippen LogP contribution is -2.27. The van der Waals surface area contributed by atoms with Crippen LogP contribution in [-0.4, -0.2) is 19.6 Å². The summed E-state index contributed by atoms with van der Waals surface area (Å²) in [6, 6.07) is 7.45. The predicted octanol–water partition coefficient (Wildman–Crippen LogP) is 8.43. The molecule has 0 saturated carbocycles. The molecule has 1 aliphatic heterocycles. The smallest absolute Gasteiger partial charge is 0.429 e. The maximum Gasteiger partial charge on any atom is 0.573 e. The molecular formula is C28H22F8O4. The zero-order valence-corrected chi connectivity index (χ0v) is 20.6. The minimum absolute atomic E-state index is 0.195. The Labute approximate surface area is 223 Å². The molecule has 1 aliphatic rings. The first-order valence-corrected chi connectivity index (χ1v) is 11.9. The molecule has 0 amide bonds. The highest BCUT2D eigenvalue weighted by molar-refractivity contribution is 5.67. The summed E-state index contributed by atoms with van der Waals surface area (Å²) in [7, 11) is 0. The van der Waals surface area contributed by atoms with Crippen LogP contribution in [0, 0.1) is 23.4 Å². The topological polar surface area (TPSA) is 36.9 Å². The average Bonchev–Trinajstić information content (AvgIpc) is 2.88. The predicted molar refractivity (Wildman–Crippen MR) is 127 cm³/mol. The van der Waals surface area contributed by atoms with Crippen molar-refractivity contribution in [3.8, 4) is 22.6 Å². The lowest BCUT2D eigenvalue weighted by molar-refractivity contribution is -0.275. The Morgan fingerprint density at radius 1 is 0.825 bits per heavy atom. The molecule has 0 bridgehead atoms. The zero-order valence-electron chi connectivity index (χ0n) is 20.6. The molecule has 1 heterocycles. The molecule has 0 unspecified atom stereocenters. The van der Waals surface area contributed by atoms with Crippen LogP contribution in [0.25, 0.3) is 11.1 Å². The van der Waals surface area contributed by atoms with Crippen molar-refractivity contribution in [2.24, 2.45) is 5.92 Å². The van der Waals surface area contributed by atoms with E-state index in [4.69, 9.17) is 9.47 Å². The van der Waals surface area contributed by atoms with E-state index in [2.05, 4.69) is 16.1 Å². The van der Waals surface area contributed by atoms with E-state index >= 15 is 0 Å². The van der Waals surface area contributed by atoms with Gasteiger partial charge in [-0.3, -0.25) is 0 Å². The van der Waals surface area contributed by atoms with Gasteiger partial charge in [0.2, 0.25) is 0 Å². The highest BCUT2D eigenvalue weighted by atomic mass is 19.4. The van der Waals surface area contributed by atoms with Crippen LogP contribution in [0.1, 0.15) is 30.3 Å². The number of hydrogen-bond acceptors (Lipinski definition) is 4. The van der Waals surface area contributed by atoms with Gasteiger partial charge in [0.15, 0.2) is 17.9 Å². The second kappa shape index (κ2) is 11.8. The Kier molecular flexibility index (Phi) is 8.69. The van der Waals surface area contributed by atoms with Gasteiger partial charge in [-0.2, -0.15) is 8.78 Å². The quantitative estimate of drug-likeness (QED) is 0.190. The first-order chi connectivity index (χ1) is 18.9. The van der Waals surface area contributed by atoms with Crippen LogP contribution in [0.5, 0.6) is 11.5 Å². The number of hydrogen-bond donors (Lipinski definition) is 0. The monoisotopic (exact) mass is 574 g/mol. The lowest BCUT2D eigenvalue weighted by Gasteiger charge is -2.29. The molecule has 1 saturated heterocycles. The SMILES string of the molecule is C=CCCC1COC(c2ccc(C(F)(F)Oc3cc(F)c(-c4ccc(OC(F)(F)F)c(F)c4)c(F)c3)cc2)OC1. The van der Waals surface area contributed by atoms with Crippen molar-refractivity contribution in [2.45, 2.75) is 31.6 Å². The van der Waals surface area contributed by atoms with Crippen LogP contribution in [0.4, 0.5) is 35.1 Å². The van der Waals surface area contributed by atoms with Gasteiger partial charge in [-0.15, -0.1) is 19.8 Å². The van der Waals surface area contributed by atoms with Gasteiger partial charge in [0.1, 0.15) is 17.4 Å². The van der Waals surface area contributed by atoms with Crippen LogP contribution in [-0.2, 0) is 15.6 Å². The molecule has 0 aliphatic carbocycles. The van der Waals surface area contributed by atoms with Gasteiger partial charge in [-0.1, -0.05) is 24.3 Å². The average molecular weight is 574 g/mol. The van der Waals surface area contributed by atoms with E-state index in [0.29, 0.717) is 43.0 Å². The summed E-state index contributed by atoms with van der Waals surface area (Å²) in [5.41, 5.74) is -1.49. The third-order valence-electron chi connectivity index (χ3n) is 5.97. The molecule has 3 aromatic carbocycles. The number of allylic oxidation sites excluding steroid dienone is 1. The summed E-state index contributed by atoms with van der Waals surface area (Å²) < 4.78 is 129.